The van der Waals surface area contributed by atoms with Gasteiger partial charge in [-0.3, -0.25) is 14.9 Å². The summed E-state index contributed by atoms with van der Waals surface area (Å²) in [4.78, 5) is 21.3. The van der Waals surface area contributed by atoms with E-state index >= 15 is 0 Å². The first kappa shape index (κ1) is 13.9. The summed E-state index contributed by atoms with van der Waals surface area (Å²) in [5.41, 5.74) is 11.0. The highest BCUT2D eigenvalue weighted by Crippen LogP contribution is 2.29. The molecular formula is C11H15N3O4. The van der Waals surface area contributed by atoms with Crippen LogP contribution in [-0.4, -0.2) is 16.9 Å². The van der Waals surface area contributed by atoms with Crippen LogP contribution in [0.25, 0.3) is 0 Å². The molecule has 4 N–H and O–H groups in total. The number of primary amides is 1. The summed E-state index contributed by atoms with van der Waals surface area (Å²) in [5.74, 6) is -0.654. The van der Waals surface area contributed by atoms with Crippen LogP contribution < -0.4 is 16.2 Å². The van der Waals surface area contributed by atoms with Crippen molar-refractivity contribution in [2.24, 2.45) is 11.5 Å². The number of rotatable bonds is 6. The van der Waals surface area contributed by atoms with E-state index in [1.807, 2.05) is 0 Å². The van der Waals surface area contributed by atoms with Gasteiger partial charge in [0, 0.05) is 12.6 Å². The Bertz CT molecular complexity index is 462. The standard InChI is InChI=1S/C11H15N3O4/c1-2-9(11(13)15)18-10-5-7(6-12)3-4-8(10)14(16)17/h3-5,9H,2,6,12H2,1H3,(H2,13,15). The lowest BCUT2D eigenvalue weighted by molar-refractivity contribution is -0.386. The van der Waals surface area contributed by atoms with Crippen LogP contribution in [0.3, 0.4) is 0 Å². The molecule has 1 atom stereocenters. The molecule has 18 heavy (non-hydrogen) atoms. The number of ether oxygens (including phenoxy) is 1. The second-order valence-corrected chi connectivity index (χ2v) is 3.68. The molecule has 0 aliphatic heterocycles. The maximum atomic E-state index is 11.1. The number of nitro groups is 1. The van der Waals surface area contributed by atoms with Crippen LogP contribution in [0.2, 0.25) is 0 Å². The van der Waals surface area contributed by atoms with Crippen LogP contribution in [0.4, 0.5) is 5.69 Å². The van der Waals surface area contributed by atoms with Gasteiger partial charge in [-0.25, -0.2) is 0 Å². The number of carbonyl (C=O) groups excluding carboxylic acids is 1. The topological polar surface area (TPSA) is 121 Å². The van der Waals surface area contributed by atoms with Gasteiger partial charge in [-0.05, 0) is 18.1 Å². The van der Waals surface area contributed by atoms with Crippen LogP contribution >= 0.6 is 0 Å². The van der Waals surface area contributed by atoms with Gasteiger partial charge in [0.15, 0.2) is 11.9 Å². The lowest BCUT2D eigenvalue weighted by atomic mass is 10.2. The average molecular weight is 253 g/mol. The second kappa shape index (κ2) is 5.97. The van der Waals surface area contributed by atoms with Crippen molar-refractivity contribution in [2.45, 2.75) is 26.0 Å². The molecule has 1 unspecified atom stereocenters. The van der Waals surface area contributed by atoms with Gasteiger partial charge < -0.3 is 16.2 Å². The van der Waals surface area contributed by atoms with Crippen LogP contribution in [0.1, 0.15) is 18.9 Å². The zero-order valence-corrected chi connectivity index (χ0v) is 9.96. The third kappa shape index (κ3) is 3.17. The Morgan fingerprint density at radius 3 is 2.67 bits per heavy atom. The molecule has 98 valence electrons. The molecule has 0 aliphatic carbocycles. The zero-order chi connectivity index (χ0) is 13.7. The summed E-state index contributed by atoms with van der Waals surface area (Å²) in [6, 6.07) is 4.28. The smallest absolute Gasteiger partial charge is 0.310 e. The first-order valence-electron chi connectivity index (χ1n) is 5.43. The van der Waals surface area contributed by atoms with Crippen molar-refractivity contribution in [3.63, 3.8) is 0 Å². The number of carbonyl (C=O) groups is 1. The number of amides is 1. The molecule has 0 bridgehead atoms. The summed E-state index contributed by atoms with van der Waals surface area (Å²) in [7, 11) is 0. The number of nitrogens with two attached hydrogens (primary N) is 2. The highest BCUT2D eigenvalue weighted by molar-refractivity contribution is 5.79. The summed E-state index contributed by atoms with van der Waals surface area (Å²) in [6.07, 6.45) is -0.559. The fourth-order valence-corrected chi connectivity index (χ4v) is 1.43. The van der Waals surface area contributed by atoms with Gasteiger partial charge >= 0.3 is 5.69 Å². The molecule has 1 amide bonds. The number of benzene rings is 1. The van der Waals surface area contributed by atoms with Gasteiger partial charge in [0.05, 0.1) is 4.92 Å². The summed E-state index contributed by atoms with van der Waals surface area (Å²) in [6.45, 7) is 1.93. The molecule has 0 fully saturated rings. The lowest BCUT2D eigenvalue weighted by Crippen LogP contribution is -2.33. The Labute approximate surface area is 104 Å². The largest absolute Gasteiger partial charge is 0.473 e. The quantitative estimate of drug-likeness (QED) is 0.570. The third-order valence-electron chi connectivity index (χ3n) is 2.41. The van der Waals surface area contributed by atoms with E-state index in [0.29, 0.717) is 12.0 Å². The second-order valence-electron chi connectivity index (χ2n) is 3.68. The summed E-state index contributed by atoms with van der Waals surface area (Å²) in [5, 5.41) is 10.8. The first-order valence-corrected chi connectivity index (χ1v) is 5.43. The molecule has 0 spiro atoms. The molecule has 0 saturated heterocycles. The van der Waals surface area contributed by atoms with Gasteiger partial charge in [0.2, 0.25) is 0 Å². The van der Waals surface area contributed by atoms with Crippen molar-refractivity contribution in [1.82, 2.24) is 0 Å². The van der Waals surface area contributed by atoms with Gasteiger partial charge in [0.25, 0.3) is 5.91 Å². The van der Waals surface area contributed by atoms with E-state index < -0.39 is 16.9 Å². The molecule has 0 aromatic heterocycles. The predicted octanol–water partition coefficient (Wildman–Crippen LogP) is 0.696. The normalized spacial score (nSPS) is 11.9. The SMILES string of the molecule is CCC(Oc1cc(CN)ccc1[N+](=O)[O-])C(N)=O. The third-order valence-corrected chi connectivity index (χ3v) is 2.41. The van der Waals surface area contributed by atoms with Crippen LogP contribution in [0.15, 0.2) is 18.2 Å². The Morgan fingerprint density at radius 1 is 1.56 bits per heavy atom. The fourth-order valence-electron chi connectivity index (χ4n) is 1.43. The number of hydrogen-bond acceptors (Lipinski definition) is 5. The van der Waals surface area contributed by atoms with Crippen molar-refractivity contribution >= 4 is 11.6 Å². The maximum absolute atomic E-state index is 11.1. The first-order chi connectivity index (χ1) is 8.49. The molecule has 0 saturated carbocycles. The van der Waals surface area contributed by atoms with Crippen molar-refractivity contribution in [1.29, 1.82) is 0 Å². The van der Waals surface area contributed by atoms with Crippen LogP contribution in [0.5, 0.6) is 5.75 Å². The Morgan fingerprint density at radius 2 is 2.22 bits per heavy atom. The number of nitrogens with zero attached hydrogens (tertiary/aromatic N) is 1. The highest BCUT2D eigenvalue weighted by atomic mass is 16.6. The summed E-state index contributed by atoms with van der Waals surface area (Å²) >= 11 is 0. The zero-order valence-electron chi connectivity index (χ0n) is 9.96. The molecule has 1 aromatic rings. The molecule has 0 radical (unpaired) electrons. The minimum Gasteiger partial charge on any atom is -0.473 e. The van der Waals surface area contributed by atoms with Crippen LogP contribution in [-0.2, 0) is 11.3 Å². The molecule has 7 heteroatoms. The fraction of sp³-hybridized carbons (Fsp3) is 0.364. The minimum absolute atomic E-state index is 0.00796. The van der Waals surface area contributed by atoms with Crippen molar-refractivity contribution in [3.05, 3.63) is 33.9 Å². The maximum Gasteiger partial charge on any atom is 0.310 e. The predicted molar refractivity (Wildman–Crippen MR) is 64.9 cm³/mol. The Kier molecular flexibility index (Phi) is 4.61. The van der Waals surface area contributed by atoms with Crippen molar-refractivity contribution < 1.29 is 14.5 Å². The van der Waals surface area contributed by atoms with Crippen molar-refractivity contribution in [2.75, 3.05) is 0 Å². The molecule has 1 aromatic carbocycles. The van der Waals surface area contributed by atoms with Gasteiger partial charge in [-0.15, -0.1) is 0 Å². The molecular weight excluding hydrogens is 238 g/mol. The molecule has 0 heterocycles. The summed E-state index contributed by atoms with van der Waals surface area (Å²) < 4.78 is 5.29. The Hall–Kier alpha value is -2.15. The van der Waals surface area contributed by atoms with Gasteiger partial charge in [-0.1, -0.05) is 13.0 Å². The van der Waals surface area contributed by atoms with Gasteiger partial charge in [-0.2, -0.15) is 0 Å². The van der Waals surface area contributed by atoms with E-state index in [0.717, 1.165) is 0 Å². The highest BCUT2D eigenvalue weighted by Gasteiger charge is 2.21. The van der Waals surface area contributed by atoms with E-state index in [1.54, 1.807) is 6.92 Å². The van der Waals surface area contributed by atoms with Gasteiger partial charge in [0.1, 0.15) is 0 Å². The van der Waals surface area contributed by atoms with Crippen LogP contribution in [0, 0.1) is 10.1 Å². The van der Waals surface area contributed by atoms with E-state index in [9.17, 15) is 14.9 Å². The minimum atomic E-state index is -0.892. The lowest BCUT2D eigenvalue weighted by Gasteiger charge is -2.14. The van der Waals surface area contributed by atoms with E-state index in [2.05, 4.69) is 0 Å². The average Bonchev–Trinajstić information content (AvgIpc) is 2.34. The Balaban J connectivity index is 3.11. The van der Waals surface area contributed by atoms with E-state index in [4.69, 9.17) is 16.2 Å². The van der Waals surface area contributed by atoms with E-state index in [1.165, 1.54) is 18.2 Å². The number of nitro benzene ring substituents is 1. The molecule has 0 aliphatic rings. The van der Waals surface area contributed by atoms with Crippen molar-refractivity contribution in [3.8, 4) is 5.75 Å². The molecule has 1 rings (SSSR count). The monoisotopic (exact) mass is 253 g/mol. The van der Waals surface area contributed by atoms with E-state index in [-0.39, 0.29) is 18.0 Å². The molecule has 7 nitrogen and oxygen atoms in total. The number of hydrogen-bond donors (Lipinski definition) is 2.